The lowest BCUT2D eigenvalue weighted by Gasteiger charge is -2.21. The molecule has 0 radical (unpaired) electrons. The Labute approximate surface area is 123 Å². The molecule has 0 spiro atoms. The second-order valence-electron chi connectivity index (χ2n) is 4.34. The fraction of sp³-hybridized carbons (Fsp3) is 0.133. The molecule has 2 aromatic rings. The molecule has 4 nitrogen and oxygen atoms in total. The van der Waals surface area contributed by atoms with Gasteiger partial charge in [0.05, 0.1) is 12.1 Å². The maximum atomic E-state index is 7.43. The topological polar surface area (TPSA) is 62.3 Å². The maximum Gasteiger partial charge on any atom is 0.124 e. The molecular formula is C15H16ClN3O. The molecule has 0 aliphatic heterocycles. The summed E-state index contributed by atoms with van der Waals surface area (Å²) in [5, 5.41) is 7.90. The highest BCUT2D eigenvalue weighted by Gasteiger charge is 2.09. The van der Waals surface area contributed by atoms with Crippen molar-refractivity contribution >= 4 is 28.8 Å². The van der Waals surface area contributed by atoms with Gasteiger partial charge in [0.1, 0.15) is 11.6 Å². The van der Waals surface area contributed by atoms with Gasteiger partial charge in [-0.3, -0.25) is 5.41 Å². The minimum atomic E-state index is -0.0365. The molecule has 0 heterocycles. The molecule has 5 heteroatoms. The van der Waals surface area contributed by atoms with Gasteiger partial charge < -0.3 is 15.4 Å². The summed E-state index contributed by atoms with van der Waals surface area (Å²) < 4.78 is 5.22. The predicted octanol–water partition coefficient (Wildman–Crippen LogP) is 3.40. The average Bonchev–Trinajstić information content (AvgIpc) is 2.46. The van der Waals surface area contributed by atoms with E-state index >= 15 is 0 Å². The van der Waals surface area contributed by atoms with Crippen molar-refractivity contribution in [2.75, 3.05) is 19.1 Å². The number of nitrogen functional groups attached to an aromatic ring is 1. The van der Waals surface area contributed by atoms with Crippen molar-refractivity contribution in [1.82, 2.24) is 0 Å². The SMILES string of the molecule is COc1cccc(N(C)c2ccc(C(=N)N)c(Cl)c2)c1. The molecule has 0 fully saturated rings. The normalized spacial score (nSPS) is 10.2. The molecule has 104 valence electrons. The number of benzene rings is 2. The van der Waals surface area contributed by atoms with Crippen molar-refractivity contribution < 1.29 is 4.74 Å². The molecule has 2 rings (SSSR count). The Morgan fingerprint density at radius 1 is 1.20 bits per heavy atom. The summed E-state index contributed by atoms with van der Waals surface area (Å²) in [6.45, 7) is 0. The molecule has 0 saturated heterocycles. The van der Waals surface area contributed by atoms with E-state index in [1.807, 2.05) is 42.3 Å². The van der Waals surface area contributed by atoms with Crippen molar-refractivity contribution in [2.45, 2.75) is 0 Å². The van der Waals surface area contributed by atoms with Gasteiger partial charge in [0.25, 0.3) is 0 Å². The van der Waals surface area contributed by atoms with Gasteiger partial charge in [0, 0.05) is 30.1 Å². The van der Waals surface area contributed by atoms with Crippen LogP contribution in [0.15, 0.2) is 42.5 Å². The van der Waals surface area contributed by atoms with Gasteiger partial charge >= 0.3 is 0 Å². The molecule has 0 amide bonds. The van der Waals surface area contributed by atoms with Crippen molar-refractivity contribution in [3.8, 4) is 5.75 Å². The number of nitrogens with zero attached hydrogens (tertiary/aromatic N) is 1. The van der Waals surface area contributed by atoms with Crippen LogP contribution >= 0.6 is 11.6 Å². The maximum absolute atomic E-state index is 7.43. The highest BCUT2D eigenvalue weighted by atomic mass is 35.5. The first-order valence-electron chi connectivity index (χ1n) is 6.04. The summed E-state index contributed by atoms with van der Waals surface area (Å²) in [6, 6.07) is 13.2. The first kappa shape index (κ1) is 14.2. The summed E-state index contributed by atoms with van der Waals surface area (Å²) in [4.78, 5) is 1.98. The zero-order chi connectivity index (χ0) is 14.7. The van der Waals surface area contributed by atoms with E-state index in [1.165, 1.54) is 0 Å². The Kier molecular flexibility index (Phi) is 4.15. The van der Waals surface area contributed by atoms with Crippen LogP contribution < -0.4 is 15.4 Å². The standard InChI is InChI=1S/C15H16ClN3O/c1-19(10-4-3-5-12(8-10)20-2)11-6-7-13(15(17)18)14(16)9-11/h3-9H,1-2H3,(H3,17,18). The Morgan fingerprint density at radius 3 is 2.50 bits per heavy atom. The van der Waals surface area contributed by atoms with Crippen LogP contribution in [0, 0.1) is 5.41 Å². The van der Waals surface area contributed by atoms with Crippen molar-refractivity contribution in [3.05, 3.63) is 53.1 Å². The van der Waals surface area contributed by atoms with Crippen molar-refractivity contribution in [2.24, 2.45) is 5.73 Å². The molecule has 0 bridgehead atoms. The molecule has 0 aliphatic carbocycles. The summed E-state index contributed by atoms with van der Waals surface area (Å²) in [6.07, 6.45) is 0. The number of amidine groups is 1. The van der Waals surface area contributed by atoms with E-state index in [4.69, 9.17) is 27.5 Å². The Morgan fingerprint density at radius 2 is 1.90 bits per heavy atom. The van der Waals surface area contributed by atoms with Gasteiger partial charge in [-0.15, -0.1) is 0 Å². The van der Waals surface area contributed by atoms with E-state index in [-0.39, 0.29) is 5.84 Å². The van der Waals surface area contributed by atoms with Crippen LogP contribution in [0.3, 0.4) is 0 Å². The molecule has 0 atom stereocenters. The fourth-order valence-corrected chi connectivity index (χ4v) is 2.18. The number of rotatable bonds is 4. The summed E-state index contributed by atoms with van der Waals surface area (Å²) in [5.41, 5.74) is 7.89. The number of ether oxygens (including phenoxy) is 1. The van der Waals surface area contributed by atoms with E-state index in [9.17, 15) is 0 Å². The number of hydrogen-bond donors (Lipinski definition) is 2. The van der Waals surface area contributed by atoms with E-state index in [0.29, 0.717) is 10.6 Å². The third-order valence-corrected chi connectivity index (χ3v) is 3.38. The lowest BCUT2D eigenvalue weighted by molar-refractivity contribution is 0.415. The van der Waals surface area contributed by atoms with Gasteiger partial charge in [-0.25, -0.2) is 0 Å². The Hall–Kier alpha value is -2.20. The number of hydrogen-bond acceptors (Lipinski definition) is 3. The van der Waals surface area contributed by atoms with Crippen LogP contribution in [-0.4, -0.2) is 20.0 Å². The number of methoxy groups -OCH3 is 1. The summed E-state index contributed by atoms with van der Waals surface area (Å²) in [7, 11) is 3.57. The highest BCUT2D eigenvalue weighted by Crippen LogP contribution is 2.29. The zero-order valence-corrected chi connectivity index (χ0v) is 12.1. The molecule has 0 aromatic heterocycles. The lowest BCUT2D eigenvalue weighted by Crippen LogP contribution is -2.13. The van der Waals surface area contributed by atoms with Crippen LogP contribution in [0.4, 0.5) is 11.4 Å². The number of nitrogens with two attached hydrogens (primary N) is 1. The second-order valence-corrected chi connectivity index (χ2v) is 4.75. The molecule has 2 aromatic carbocycles. The molecule has 0 aliphatic rings. The summed E-state index contributed by atoms with van der Waals surface area (Å²) >= 11 is 6.14. The molecule has 3 N–H and O–H groups in total. The van der Waals surface area contributed by atoms with Crippen LogP contribution in [0.25, 0.3) is 0 Å². The minimum Gasteiger partial charge on any atom is -0.497 e. The Bertz CT molecular complexity index is 643. The van der Waals surface area contributed by atoms with Crippen LogP contribution in [0.5, 0.6) is 5.75 Å². The van der Waals surface area contributed by atoms with E-state index in [2.05, 4.69) is 0 Å². The van der Waals surface area contributed by atoms with E-state index in [0.717, 1.165) is 17.1 Å². The fourth-order valence-electron chi connectivity index (χ4n) is 1.90. The summed E-state index contributed by atoms with van der Waals surface area (Å²) in [5.74, 6) is 0.756. The quantitative estimate of drug-likeness (QED) is 0.670. The minimum absolute atomic E-state index is 0.0365. The largest absolute Gasteiger partial charge is 0.497 e. The smallest absolute Gasteiger partial charge is 0.124 e. The molecule has 0 saturated carbocycles. The average molecular weight is 290 g/mol. The van der Waals surface area contributed by atoms with Gasteiger partial charge in [0.2, 0.25) is 0 Å². The first-order chi connectivity index (χ1) is 9.52. The van der Waals surface area contributed by atoms with Crippen LogP contribution in [0.2, 0.25) is 5.02 Å². The van der Waals surface area contributed by atoms with Crippen molar-refractivity contribution in [3.63, 3.8) is 0 Å². The van der Waals surface area contributed by atoms with Gasteiger partial charge in [0.15, 0.2) is 0 Å². The first-order valence-corrected chi connectivity index (χ1v) is 6.42. The third-order valence-electron chi connectivity index (χ3n) is 3.07. The molecular weight excluding hydrogens is 274 g/mol. The van der Waals surface area contributed by atoms with E-state index < -0.39 is 0 Å². The Balaban J connectivity index is 2.35. The zero-order valence-electron chi connectivity index (χ0n) is 11.4. The van der Waals surface area contributed by atoms with Crippen LogP contribution in [-0.2, 0) is 0 Å². The number of anilines is 2. The van der Waals surface area contributed by atoms with Gasteiger partial charge in [-0.1, -0.05) is 17.7 Å². The monoisotopic (exact) mass is 289 g/mol. The van der Waals surface area contributed by atoms with Crippen LogP contribution in [0.1, 0.15) is 5.56 Å². The van der Waals surface area contributed by atoms with Gasteiger partial charge in [-0.05, 0) is 30.3 Å². The van der Waals surface area contributed by atoms with Gasteiger partial charge in [-0.2, -0.15) is 0 Å². The highest BCUT2D eigenvalue weighted by molar-refractivity contribution is 6.34. The second kappa shape index (κ2) is 5.84. The van der Waals surface area contributed by atoms with Crippen molar-refractivity contribution in [1.29, 1.82) is 5.41 Å². The third kappa shape index (κ3) is 2.86. The molecule has 20 heavy (non-hydrogen) atoms. The van der Waals surface area contributed by atoms with E-state index in [1.54, 1.807) is 19.2 Å². The lowest BCUT2D eigenvalue weighted by atomic mass is 10.1. The molecule has 0 unspecified atom stereocenters. The number of nitrogens with one attached hydrogen (secondary N) is 1. The predicted molar refractivity (Wildman–Crippen MR) is 83.5 cm³/mol. The number of halogens is 1.